The van der Waals surface area contributed by atoms with Gasteiger partial charge in [-0.05, 0) is 61.1 Å². The average Bonchev–Trinajstić information content (AvgIpc) is 3.68. The summed E-state index contributed by atoms with van der Waals surface area (Å²) < 4.78 is 26.1. The smallest absolute Gasteiger partial charge is 0.206 e. The predicted molar refractivity (Wildman–Crippen MR) is 168 cm³/mol. The molecule has 3 heterocycles. The standard InChI is InChI=1S/C34H42N4O5/c39-24-28-13-15-33(43-28)38-30-11-5-4-10-29(30)36-34(38)35-23-27-12-14-31(37-16-20-40-21-17-37)32(22-27)42-19-7-6-18-41-25-26-8-2-1-3-9-26/h1-5,8-12,14,22,28,33,39H,6-7,13,15-21,23-25H2,(H,35,36)/t28-,33+/m0/s1. The van der Waals surface area contributed by atoms with E-state index in [2.05, 4.69) is 51.2 Å². The van der Waals surface area contributed by atoms with E-state index in [0.717, 1.165) is 86.0 Å². The summed E-state index contributed by atoms with van der Waals surface area (Å²) in [6, 6.07) is 24.8. The number of hydrogen-bond acceptors (Lipinski definition) is 8. The molecule has 3 aromatic carbocycles. The largest absolute Gasteiger partial charge is 0.491 e. The molecule has 2 aliphatic heterocycles. The Morgan fingerprint density at radius 3 is 2.56 bits per heavy atom. The van der Waals surface area contributed by atoms with Crippen LogP contribution in [0.25, 0.3) is 11.0 Å². The minimum Gasteiger partial charge on any atom is -0.491 e. The van der Waals surface area contributed by atoms with Gasteiger partial charge in [0.05, 0.1) is 55.9 Å². The third-order valence-electron chi connectivity index (χ3n) is 8.05. The fourth-order valence-corrected chi connectivity index (χ4v) is 5.75. The zero-order valence-electron chi connectivity index (χ0n) is 24.7. The molecule has 0 unspecified atom stereocenters. The number of para-hydroxylation sites is 2. The molecule has 2 N–H and O–H groups in total. The lowest BCUT2D eigenvalue weighted by atomic mass is 10.1. The molecule has 2 saturated heterocycles. The first-order chi connectivity index (χ1) is 21.3. The van der Waals surface area contributed by atoms with Crippen LogP contribution in [0.5, 0.6) is 5.75 Å². The minimum absolute atomic E-state index is 0.0326. The first-order valence-electron chi connectivity index (χ1n) is 15.5. The number of rotatable bonds is 14. The quantitative estimate of drug-likeness (QED) is 0.187. The zero-order chi connectivity index (χ0) is 29.3. The van der Waals surface area contributed by atoms with Gasteiger partial charge in [-0.15, -0.1) is 0 Å². The Morgan fingerprint density at radius 1 is 0.907 bits per heavy atom. The van der Waals surface area contributed by atoms with E-state index in [1.54, 1.807) is 0 Å². The highest BCUT2D eigenvalue weighted by atomic mass is 16.5. The summed E-state index contributed by atoms with van der Waals surface area (Å²) in [5, 5.41) is 13.2. The average molecular weight is 587 g/mol. The van der Waals surface area contributed by atoms with Gasteiger partial charge >= 0.3 is 0 Å². The molecule has 2 fully saturated rings. The predicted octanol–water partition coefficient (Wildman–Crippen LogP) is 5.53. The van der Waals surface area contributed by atoms with Gasteiger partial charge in [-0.2, -0.15) is 0 Å². The molecule has 2 atom stereocenters. The number of nitrogens with zero attached hydrogens (tertiary/aromatic N) is 3. The first kappa shape index (κ1) is 29.4. The second-order valence-corrected chi connectivity index (χ2v) is 11.1. The number of hydrogen-bond donors (Lipinski definition) is 2. The Hall–Kier alpha value is -3.63. The van der Waals surface area contributed by atoms with Gasteiger partial charge in [0, 0.05) is 26.2 Å². The van der Waals surface area contributed by atoms with E-state index in [0.29, 0.717) is 26.4 Å². The number of benzene rings is 3. The van der Waals surface area contributed by atoms with Crippen LogP contribution < -0.4 is 15.0 Å². The van der Waals surface area contributed by atoms with Crippen LogP contribution >= 0.6 is 0 Å². The van der Waals surface area contributed by atoms with Gasteiger partial charge in [-0.25, -0.2) is 4.98 Å². The number of anilines is 2. The molecule has 228 valence electrons. The lowest BCUT2D eigenvalue weighted by Crippen LogP contribution is -2.36. The van der Waals surface area contributed by atoms with Gasteiger partial charge in [0.25, 0.3) is 0 Å². The second kappa shape index (κ2) is 14.7. The van der Waals surface area contributed by atoms with Crippen molar-refractivity contribution >= 4 is 22.7 Å². The Morgan fingerprint density at radius 2 is 1.72 bits per heavy atom. The van der Waals surface area contributed by atoms with Gasteiger partial charge < -0.3 is 34.3 Å². The van der Waals surface area contributed by atoms with Crippen molar-refractivity contribution in [3.63, 3.8) is 0 Å². The Balaban J connectivity index is 1.10. The van der Waals surface area contributed by atoms with Crippen LogP contribution in [-0.4, -0.2) is 66.9 Å². The van der Waals surface area contributed by atoms with Crippen molar-refractivity contribution in [2.75, 3.05) is 56.3 Å². The van der Waals surface area contributed by atoms with Crippen molar-refractivity contribution in [3.05, 3.63) is 83.9 Å². The number of aromatic nitrogens is 2. The first-order valence-corrected chi connectivity index (χ1v) is 15.5. The third kappa shape index (κ3) is 7.48. The molecule has 0 radical (unpaired) electrons. The van der Waals surface area contributed by atoms with Crippen molar-refractivity contribution in [3.8, 4) is 5.75 Å². The lowest BCUT2D eigenvalue weighted by Gasteiger charge is -2.30. The molecule has 2 aliphatic rings. The monoisotopic (exact) mass is 586 g/mol. The summed E-state index contributed by atoms with van der Waals surface area (Å²) in [6.07, 6.45) is 3.23. The highest BCUT2D eigenvalue weighted by Crippen LogP contribution is 2.35. The fourth-order valence-electron chi connectivity index (χ4n) is 5.75. The number of aliphatic hydroxyl groups excluding tert-OH is 1. The van der Waals surface area contributed by atoms with E-state index in [-0.39, 0.29) is 18.9 Å². The van der Waals surface area contributed by atoms with E-state index in [1.165, 1.54) is 5.56 Å². The van der Waals surface area contributed by atoms with Crippen LogP contribution in [-0.2, 0) is 27.4 Å². The molecule has 43 heavy (non-hydrogen) atoms. The van der Waals surface area contributed by atoms with Crippen LogP contribution in [0.15, 0.2) is 72.8 Å². The Kier molecular flexibility index (Phi) is 10.1. The van der Waals surface area contributed by atoms with Crippen molar-refractivity contribution in [1.82, 2.24) is 9.55 Å². The molecular formula is C34H42N4O5. The van der Waals surface area contributed by atoms with Crippen molar-refractivity contribution < 1.29 is 24.1 Å². The highest BCUT2D eigenvalue weighted by Gasteiger charge is 2.29. The molecular weight excluding hydrogens is 544 g/mol. The topological polar surface area (TPSA) is 90.2 Å². The zero-order valence-corrected chi connectivity index (χ0v) is 24.7. The fraction of sp³-hybridized carbons (Fsp3) is 0.441. The SMILES string of the molecule is OC[C@@H]1CC[C@H](n2c(NCc3ccc(N4CCOCC4)c(OCCCCOCc4ccccc4)c3)nc3ccccc32)O1. The number of imidazole rings is 1. The highest BCUT2D eigenvalue weighted by molar-refractivity contribution is 5.78. The lowest BCUT2D eigenvalue weighted by molar-refractivity contribution is -0.0195. The van der Waals surface area contributed by atoms with Gasteiger partial charge in [0.15, 0.2) is 0 Å². The third-order valence-corrected chi connectivity index (χ3v) is 8.05. The Labute approximate surface area is 253 Å². The number of nitrogens with one attached hydrogen (secondary N) is 1. The molecule has 4 aromatic rings. The summed E-state index contributed by atoms with van der Waals surface area (Å²) >= 11 is 0. The molecule has 0 amide bonds. The molecule has 0 spiro atoms. The molecule has 0 bridgehead atoms. The summed E-state index contributed by atoms with van der Waals surface area (Å²) in [4.78, 5) is 7.23. The van der Waals surface area contributed by atoms with Crippen molar-refractivity contribution in [1.29, 1.82) is 0 Å². The maximum absolute atomic E-state index is 9.62. The van der Waals surface area contributed by atoms with Crippen LogP contribution in [0.4, 0.5) is 11.6 Å². The molecule has 9 nitrogen and oxygen atoms in total. The van der Waals surface area contributed by atoms with Gasteiger partial charge in [0.1, 0.15) is 12.0 Å². The summed E-state index contributed by atoms with van der Waals surface area (Å²) in [7, 11) is 0. The van der Waals surface area contributed by atoms with Gasteiger partial charge in [0.2, 0.25) is 5.95 Å². The number of fused-ring (bicyclic) bond motifs is 1. The number of ether oxygens (including phenoxy) is 4. The molecule has 9 heteroatoms. The van der Waals surface area contributed by atoms with E-state index in [1.807, 2.05) is 36.4 Å². The summed E-state index contributed by atoms with van der Waals surface area (Å²) in [6.45, 7) is 5.74. The van der Waals surface area contributed by atoms with Crippen LogP contribution in [0.2, 0.25) is 0 Å². The van der Waals surface area contributed by atoms with Crippen molar-refractivity contribution in [2.45, 2.75) is 51.2 Å². The maximum Gasteiger partial charge on any atom is 0.206 e. The molecule has 1 aromatic heterocycles. The Bertz CT molecular complexity index is 1440. The second-order valence-electron chi connectivity index (χ2n) is 11.1. The van der Waals surface area contributed by atoms with Gasteiger partial charge in [-0.3, -0.25) is 4.57 Å². The normalized spacial score (nSPS) is 18.8. The number of morpholine rings is 1. The van der Waals surface area contributed by atoms with E-state index in [4.69, 9.17) is 23.9 Å². The van der Waals surface area contributed by atoms with E-state index >= 15 is 0 Å². The van der Waals surface area contributed by atoms with Crippen LogP contribution in [0.1, 0.15) is 43.0 Å². The van der Waals surface area contributed by atoms with Crippen LogP contribution in [0.3, 0.4) is 0 Å². The van der Waals surface area contributed by atoms with E-state index < -0.39 is 0 Å². The van der Waals surface area contributed by atoms with E-state index in [9.17, 15) is 5.11 Å². The molecule has 6 rings (SSSR count). The number of aliphatic hydroxyl groups is 1. The minimum atomic E-state index is -0.161. The van der Waals surface area contributed by atoms with Crippen LogP contribution in [0, 0.1) is 0 Å². The molecule has 0 saturated carbocycles. The van der Waals surface area contributed by atoms with Gasteiger partial charge in [-0.1, -0.05) is 48.5 Å². The number of unbranched alkanes of at least 4 members (excludes halogenated alkanes) is 1. The summed E-state index contributed by atoms with van der Waals surface area (Å²) in [5.74, 6) is 1.66. The molecule has 0 aliphatic carbocycles. The maximum atomic E-state index is 9.62. The van der Waals surface area contributed by atoms with Crippen molar-refractivity contribution in [2.24, 2.45) is 0 Å². The summed E-state index contributed by atoms with van der Waals surface area (Å²) in [5.41, 5.74) is 5.35.